The third kappa shape index (κ3) is 4.43. The molecule has 204 valence electrons. The number of ether oxygens (including phenoxy) is 2. The third-order valence-electron chi connectivity index (χ3n) is 9.56. The average molecular weight is 541 g/mol. The molecule has 0 aromatic rings. The van der Waals surface area contributed by atoms with Gasteiger partial charge in [-0.05, 0) is 87.4 Å². The predicted molar refractivity (Wildman–Crippen MR) is 116 cm³/mol. The second kappa shape index (κ2) is 8.81. The van der Waals surface area contributed by atoms with E-state index in [2.05, 4.69) is 0 Å². The van der Waals surface area contributed by atoms with Crippen LogP contribution in [0.3, 0.4) is 0 Å². The van der Waals surface area contributed by atoms with Gasteiger partial charge in [0.15, 0.2) is 0 Å². The minimum absolute atomic E-state index is 0.00187. The van der Waals surface area contributed by atoms with Crippen molar-refractivity contribution >= 4 is 22.1 Å². The van der Waals surface area contributed by atoms with E-state index in [4.69, 9.17) is 14.0 Å². The predicted octanol–water partition coefficient (Wildman–Crippen LogP) is 4.46. The Hall–Kier alpha value is -1.43. The van der Waals surface area contributed by atoms with Crippen molar-refractivity contribution in [2.24, 2.45) is 46.8 Å². The van der Waals surface area contributed by atoms with Crippen LogP contribution in [0.15, 0.2) is 0 Å². The first-order valence-corrected chi connectivity index (χ1v) is 14.2. The van der Waals surface area contributed by atoms with Gasteiger partial charge in [-0.3, -0.25) is 14.1 Å². The topological polar surface area (TPSA) is 107 Å². The lowest BCUT2D eigenvalue weighted by Gasteiger charge is -2.56. The van der Waals surface area contributed by atoms with E-state index in [1.54, 1.807) is 0 Å². The number of hydrogen-bond donors (Lipinski definition) is 1. The summed E-state index contributed by atoms with van der Waals surface area (Å²) in [6, 6.07) is 0. The van der Waals surface area contributed by atoms with Crippen molar-refractivity contribution in [2.75, 3.05) is 13.2 Å². The van der Waals surface area contributed by atoms with Gasteiger partial charge in [-0.1, -0.05) is 0 Å². The van der Waals surface area contributed by atoms with Crippen LogP contribution in [-0.2, 0) is 29.2 Å². The molecular formula is C24H32F4O7S. The van der Waals surface area contributed by atoms with Gasteiger partial charge in [0.1, 0.15) is 0 Å². The minimum atomic E-state index is -6.36. The molecule has 0 saturated heterocycles. The SMILES string of the molecule is O=C(OCCC(F)(F)C(F)(F)S(=O)(=O)O)C1C2CCC(C2)C1C(=O)OCC12CC3CC(CC(C3)C1)C2. The summed E-state index contributed by atoms with van der Waals surface area (Å²) in [5.74, 6) is -6.43. The van der Waals surface area contributed by atoms with Crippen LogP contribution in [0.25, 0.3) is 0 Å². The van der Waals surface area contributed by atoms with Crippen molar-refractivity contribution < 1.29 is 49.6 Å². The summed E-state index contributed by atoms with van der Waals surface area (Å²) in [6.45, 7) is -0.859. The summed E-state index contributed by atoms with van der Waals surface area (Å²) in [5.41, 5.74) is 0.00187. The molecule has 36 heavy (non-hydrogen) atoms. The molecule has 0 amide bonds. The molecule has 6 aliphatic carbocycles. The lowest BCUT2D eigenvalue weighted by molar-refractivity contribution is -0.180. The maximum atomic E-state index is 13.7. The van der Waals surface area contributed by atoms with Crippen LogP contribution >= 0.6 is 0 Å². The molecule has 0 radical (unpaired) electrons. The average Bonchev–Trinajstić information content (AvgIpc) is 3.37. The second-order valence-electron chi connectivity index (χ2n) is 12.0. The summed E-state index contributed by atoms with van der Waals surface area (Å²) in [6.07, 6.45) is 7.13. The zero-order valence-corrected chi connectivity index (χ0v) is 20.7. The quantitative estimate of drug-likeness (QED) is 0.261. The van der Waals surface area contributed by atoms with Gasteiger partial charge in [0.05, 0.1) is 31.5 Å². The zero-order chi connectivity index (χ0) is 26.1. The molecule has 0 heterocycles. The molecule has 0 aromatic heterocycles. The van der Waals surface area contributed by atoms with Gasteiger partial charge in [-0.15, -0.1) is 0 Å². The summed E-state index contributed by atoms with van der Waals surface area (Å²) in [7, 11) is -6.36. The van der Waals surface area contributed by atoms with Crippen molar-refractivity contribution in [1.82, 2.24) is 0 Å². The van der Waals surface area contributed by atoms with Crippen LogP contribution < -0.4 is 0 Å². The van der Waals surface area contributed by atoms with E-state index in [1.807, 2.05) is 0 Å². The maximum Gasteiger partial charge on any atom is 0.431 e. The van der Waals surface area contributed by atoms with E-state index >= 15 is 0 Å². The molecule has 0 spiro atoms. The number of halogens is 4. The first-order chi connectivity index (χ1) is 16.7. The highest BCUT2D eigenvalue weighted by Gasteiger charge is 2.65. The van der Waals surface area contributed by atoms with Gasteiger partial charge in [-0.25, -0.2) is 0 Å². The highest BCUT2D eigenvalue weighted by atomic mass is 32.2. The van der Waals surface area contributed by atoms with Crippen molar-refractivity contribution in [1.29, 1.82) is 0 Å². The summed E-state index contributed by atoms with van der Waals surface area (Å²) < 4.78 is 94.6. The van der Waals surface area contributed by atoms with Gasteiger partial charge < -0.3 is 9.47 Å². The molecule has 6 fully saturated rings. The van der Waals surface area contributed by atoms with E-state index < -0.39 is 58.1 Å². The van der Waals surface area contributed by atoms with Gasteiger partial charge in [-0.2, -0.15) is 26.0 Å². The Bertz CT molecular complexity index is 979. The summed E-state index contributed by atoms with van der Waals surface area (Å²) in [4.78, 5) is 26.0. The van der Waals surface area contributed by atoms with Gasteiger partial charge in [0.25, 0.3) is 0 Å². The van der Waals surface area contributed by atoms with Crippen LogP contribution in [-0.4, -0.2) is 49.3 Å². The Labute approximate surface area is 207 Å². The van der Waals surface area contributed by atoms with Crippen molar-refractivity contribution in [3.8, 4) is 0 Å². The first kappa shape index (κ1) is 26.2. The number of alkyl halides is 4. The Morgan fingerprint density at radius 3 is 1.78 bits per heavy atom. The van der Waals surface area contributed by atoms with Crippen molar-refractivity contribution in [2.45, 2.75) is 75.4 Å². The smallest absolute Gasteiger partial charge is 0.431 e. The molecule has 12 heteroatoms. The van der Waals surface area contributed by atoms with E-state index in [1.165, 1.54) is 19.3 Å². The van der Waals surface area contributed by atoms with E-state index in [0.29, 0.717) is 37.2 Å². The molecule has 6 saturated carbocycles. The van der Waals surface area contributed by atoms with Gasteiger partial charge >= 0.3 is 33.2 Å². The number of fused-ring (bicyclic) bond motifs is 2. The molecular weight excluding hydrogens is 508 g/mol. The molecule has 0 aromatic carbocycles. The molecule has 6 aliphatic rings. The van der Waals surface area contributed by atoms with Crippen LogP contribution in [0.4, 0.5) is 17.6 Å². The Kier molecular flexibility index (Phi) is 6.41. The largest absolute Gasteiger partial charge is 0.465 e. The highest BCUT2D eigenvalue weighted by molar-refractivity contribution is 7.87. The lowest BCUT2D eigenvalue weighted by atomic mass is 9.50. The van der Waals surface area contributed by atoms with Crippen molar-refractivity contribution in [3.63, 3.8) is 0 Å². The first-order valence-electron chi connectivity index (χ1n) is 12.8. The second-order valence-corrected chi connectivity index (χ2v) is 13.5. The molecule has 0 aliphatic heterocycles. The molecule has 6 bridgehead atoms. The molecule has 1 N–H and O–H groups in total. The van der Waals surface area contributed by atoms with Crippen molar-refractivity contribution in [3.05, 3.63) is 0 Å². The maximum absolute atomic E-state index is 13.7. The van der Waals surface area contributed by atoms with Crippen LogP contribution in [0, 0.1) is 46.8 Å². The number of esters is 2. The van der Waals surface area contributed by atoms with Crippen LogP contribution in [0.1, 0.15) is 64.2 Å². The Balaban J connectivity index is 1.19. The standard InChI is InChI=1S/C24H32F4O7S/c25-23(26,24(27,28)36(31,32)33)3-4-34-20(29)18-16-1-2-17(8-16)19(18)21(30)35-12-22-9-13-5-14(10-22)7-15(6-13)11-22/h13-19H,1-12H2,(H,31,32,33). The minimum Gasteiger partial charge on any atom is -0.465 e. The zero-order valence-electron chi connectivity index (χ0n) is 19.8. The fourth-order valence-electron chi connectivity index (χ4n) is 8.47. The lowest BCUT2D eigenvalue weighted by Crippen LogP contribution is -2.49. The Morgan fingerprint density at radius 2 is 1.31 bits per heavy atom. The fraction of sp³-hybridized carbons (Fsp3) is 0.917. The van der Waals surface area contributed by atoms with E-state index in [-0.39, 0.29) is 17.3 Å². The fourth-order valence-corrected chi connectivity index (χ4v) is 8.95. The van der Waals surface area contributed by atoms with Crippen LogP contribution in [0.2, 0.25) is 0 Å². The molecule has 4 atom stereocenters. The normalized spacial score (nSPS) is 39.4. The van der Waals surface area contributed by atoms with Gasteiger partial charge in [0, 0.05) is 5.41 Å². The van der Waals surface area contributed by atoms with E-state index in [0.717, 1.165) is 25.7 Å². The summed E-state index contributed by atoms with van der Waals surface area (Å²) >= 11 is 0. The van der Waals surface area contributed by atoms with E-state index in [9.17, 15) is 35.6 Å². The monoisotopic (exact) mass is 540 g/mol. The molecule has 7 nitrogen and oxygen atoms in total. The highest BCUT2D eigenvalue weighted by Crippen LogP contribution is 2.60. The number of rotatable bonds is 9. The van der Waals surface area contributed by atoms with Crippen LogP contribution in [0.5, 0.6) is 0 Å². The molecule has 4 unspecified atom stereocenters. The van der Waals surface area contributed by atoms with Gasteiger partial charge in [0.2, 0.25) is 0 Å². The number of carbonyl (C=O) groups excluding carboxylic acids is 2. The summed E-state index contributed by atoms with van der Waals surface area (Å²) in [5, 5.41) is -5.72. The Morgan fingerprint density at radius 1 is 0.833 bits per heavy atom. The third-order valence-corrected chi connectivity index (χ3v) is 10.5. The number of carbonyl (C=O) groups is 2. The molecule has 6 rings (SSSR count). The number of hydrogen-bond acceptors (Lipinski definition) is 6.